The number of aliphatic carboxylic acids is 1. The van der Waals surface area contributed by atoms with Crippen molar-refractivity contribution in [2.45, 2.75) is 6.92 Å². The van der Waals surface area contributed by atoms with Crippen molar-refractivity contribution >= 4 is 5.97 Å². The van der Waals surface area contributed by atoms with E-state index in [1.165, 1.54) is 0 Å². The number of hydrogen-bond donors (Lipinski definition) is 1. The first-order valence-electron chi connectivity index (χ1n) is 4.32. The summed E-state index contributed by atoms with van der Waals surface area (Å²) < 4.78 is 5.15. The molecule has 4 heteroatoms. The maximum absolute atomic E-state index is 10.1. The molecule has 13 heavy (non-hydrogen) atoms. The lowest BCUT2D eigenvalue weighted by Gasteiger charge is -2.13. The maximum atomic E-state index is 10.1. The van der Waals surface area contributed by atoms with Gasteiger partial charge in [0.15, 0.2) is 0 Å². The molecule has 0 aromatic heterocycles. The van der Waals surface area contributed by atoms with E-state index in [9.17, 15) is 4.79 Å². The van der Waals surface area contributed by atoms with Crippen LogP contribution in [0.3, 0.4) is 0 Å². The molecule has 0 rings (SSSR count). The van der Waals surface area contributed by atoms with Crippen LogP contribution in [0.1, 0.15) is 6.92 Å². The summed E-state index contributed by atoms with van der Waals surface area (Å²) in [5.41, 5.74) is 0. The van der Waals surface area contributed by atoms with Crippen LogP contribution in [-0.2, 0) is 9.53 Å². The van der Waals surface area contributed by atoms with Gasteiger partial charge in [-0.05, 0) is 14.0 Å². The molecule has 0 aromatic rings. The molecule has 0 amide bonds. The molecule has 0 saturated heterocycles. The van der Waals surface area contributed by atoms with Crippen LogP contribution >= 0.6 is 0 Å². The van der Waals surface area contributed by atoms with E-state index in [1.54, 1.807) is 6.08 Å². The van der Waals surface area contributed by atoms with Crippen molar-refractivity contribution in [3.05, 3.63) is 12.2 Å². The molecule has 0 spiro atoms. The van der Waals surface area contributed by atoms with E-state index in [4.69, 9.17) is 9.84 Å². The first kappa shape index (κ1) is 12.1. The van der Waals surface area contributed by atoms with Crippen LogP contribution in [0.4, 0.5) is 0 Å². The third-order valence-electron chi connectivity index (χ3n) is 1.50. The number of rotatable bonds is 7. The second kappa shape index (κ2) is 7.76. The SMILES string of the molecule is CCOCCN(C)C/C=C/C(=O)O. The normalized spacial score (nSPS) is 11.3. The van der Waals surface area contributed by atoms with Crippen LogP contribution in [0, 0.1) is 0 Å². The van der Waals surface area contributed by atoms with E-state index in [0.717, 1.165) is 19.2 Å². The molecule has 0 aliphatic carbocycles. The number of carboxylic acid groups (broad SMARTS) is 1. The number of carbonyl (C=O) groups is 1. The van der Waals surface area contributed by atoms with Crippen molar-refractivity contribution in [2.75, 3.05) is 33.4 Å². The van der Waals surface area contributed by atoms with Gasteiger partial charge in [-0.25, -0.2) is 4.79 Å². The summed E-state index contributed by atoms with van der Waals surface area (Å²) >= 11 is 0. The first-order valence-corrected chi connectivity index (χ1v) is 4.32. The molecule has 0 atom stereocenters. The van der Waals surface area contributed by atoms with E-state index in [2.05, 4.69) is 0 Å². The Morgan fingerprint density at radius 3 is 2.85 bits per heavy atom. The zero-order valence-corrected chi connectivity index (χ0v) is 8.19. The Labute approximate surface area is 78.8 Å². The van der Waals surface area contributed by atoms with Gasteiger partial charge in [0.2, 0.25) is 0 Å². The van der Waals surface area contributed by atoms with Gasteiger partial charge in [0.25, 0.3) is 0 Å². The average molecular weight is 187 g/mol. The number of ether oxygens (including phenoxy) is 1. The van der Waals surface area contributed by atoms with Gasteiger partial charge in [0.05, 0.1) is 6.61 Å². The van der Waals surface area contributed by atoms with Crippen molar-refractivity contribution in [3.63, 3.8) is 0 Å². The Morgan fingerprint density at radius 2 is 2.31 bits per heavy atom. The lowest BCUT2D eigenvalue weighted by Crippen LogP contribution is -2.23. The number of nitrogens with zero attached hydrogens (tertiary/aromatic N) is 1. The Bertz CT molecular complexity index is 168. The molecule has 76 valence electrons. The van der Waals surface area contributed by atoms with Gasteiger partial charge in [-0.1, -0.05) is 6.08 Å². The molecule has 4 nitrogen and oxygen atoms in total. The molecule has 0 bridgehead atoms. The first-order chi connectivity index (χ1) is 6.16. The largest absolute Gasteiger partial charge is 0.478 e. The van der Waals surface area contributed by atoms with Gasteiger partial charge >= 0.3 is 5.97 Å². The highest BCUT2D eigenvalue weighted by Gasteiger charge is 1.94. The molecule has 0 saturated carbocycles. The van der Waals surface area contributed by atoms with E-state index in [1.807, 2.05) is 18.9 Å². The molecule has 0 fully saturated rings. The minimum Gasteiger partial charge on any atom is -0.478 e. The minimum atomic E-state index is -0.904. The Balaban J connectivity index is 3.39. The van der Waals surface area contributed by atoms with Crippen molar-refractivity contribution in [1.82, 2.24) is 4.90 Å². The summed E-state index contributed by atoms with van der Waals surface area (Å²) in [7, 11) is 1.92. The van der Waals surface area contributed by atoms with Crippen molar-refractivity contribution in [3.8, 4) is 0 Å². The fraction of sp³-hybridized carbons (Fsp3) is 0.667. The maximum Gasteiger partial charge on any atom is 0.328 e. The lowest BCUT2D eigenvalue weighted by molar-refractivity contribution is -0.131. The number of likely N-dealkylation sites (N-methyl/N-ethyl adjacent to an activating group) is 1. The van der Waals surface area contributed by atoms with E-state index < -0.39 is 5.97 Å². The van der Waals surface area contributed by atoms with Crippen molar-refractivity contribution in [2.24, 2.45) is 0 Å². The second-order valence-corrected chi connectivity index (χ2v) is 2.70. The highest BCUT2D eigenvalue weighted by atomic mass is 16.5. The van der Waals surface area contributed by atoms with Gasteiger partial charge < -0.3 is 14.7 Å². The molecular weight excluding hydrogens is 170 g/mol. The van der Waals surface area contributed by atoms with Crippen LogP contribution in [0.15, 0.2) is 12.2 Å². The molecule has 0 heterocycles. The summed E-state index contributed by atoms with van der Waals surface area (Å²) in [4.78, 5) is 12.1. The van der Waals surface area contributed by atoms with Gasteiger partial charge in [-0.3, -0.25) is 0 Å². The van der Waals surface area contributed by atoms with E-state index in [0.29, 0.717) is 13.2 Å². The third kappa shape index (κ3) is 9.04. The van der Waals surface area contributed by atoms with Crippen LogP contribution in [0.25, 0.3) is 0 Å². The van der Waals surface area contributed by atoms with Gasteiger partial charge in [0.1, 0.15) is 0 Å². The van der Waals surface area contributed by atoms with Crippen LogP contribution in [0.5, 0.6) is 0 Å². The fourth-order valence-electron chi connectivity index (χ4n) is 0.789. The smallest absolute Gasteiger partial charge is 0.328 e. The fourth-order valence-corrected chi connectivity index (χ4v) is 0.789. The molecule has 0 unspecified atom stereocenters. The quantitative estimate of drug-likeness (QED) is 0.468. The van der Waals surface area contributed by atoms with Crippen molar-refractivity contribution < 1.29 is 14.6 Å². The highest BCUT2D eigenvalue weighted by Crippen LogP contribution is 1.84. The number of carboxylic acids is 1. The Morgan fingerprint density at radius 1 is 1.62 bits per heavy atom. The highest BCUT2D eigenvalue weighted by molar-refractivity contribution is 5.79. The zero-order valence-electron chi connectivity index (χ0n) is 8.19. The van der Waals surface area contributed by atoms with Crippen LogP contribution in [0.2, 0.25) is 0 Å². The van der Waals surface area contributed by atoms with Gasteiger partial charge in [-0.2, -0.15) is 0 Å². The summed E-state index contributed by atoms with van der Waals surface area (Å²) in [5.74, 6) is -0.904. The summed E-state index contributed by atoms with van der Waals surface area (Å²) in [6.45, 7) is 4.81. The van der Waals surface area contributed by atoms with Gasteiger partial charge in [0, 0.05) is 25.8 Å². The topological polar surface area (TPSA) is 49.8 Å². The average Bonchev–Trinajstić information content (AvgIpc) is 2.04. The van der Waals surface area contributed by atoms with E-state index in [-0.39, 0.29) is 0 Å². The van der Waals surface area contributed by atoms with Crippen LogP contribution < -0.4 is 0 Å². The predicted molar refractivity (Wildman–Crippen MR) is 50.8 cm³/mol. The molecule has 1 N–H and O–H groups in total. The third-order valence-corrected chi connectivity index (χ3v) is 1.50. The Kier molecular flexibility index (Phi) is 7.24. The lowest BCUT2D eigenvalue weighted by atomic mass is 10.4. The molecular formula is C9H17NO3. The predicted octanol–water partition coefficient (Wildman–Crippen LogP) is 0.595. The molecule has 0 aliphatic heterocycles. The second-order valence-electron chi connectivity index (χ2n) is 2.70. The number of hydrogen-bond acceptors (Lipinski definition) is 3. The molecule has 0 radical (unpaired) electrons. The molecule has 0 aromatic carbocycles. The standard InChI is InChI=1S/C9H17NO3/c1-3-13-8-7-10(2)6-4-5-9(11)12/h4-5H,3,6-8H2,1-2H3,(H,11,12)/b5-4+. The Hall–Kier alpha value is -0.870. The van der Waals surface area contributed by atoms with E-state index >= 15 is 0 Å². The monoisotopic (exact) mass is 187 g/mol. The minimum absolute atomic E-state index is 0.638. The molecule has 0 aliphatic rings. The summed E-state index contributed by atoms with van der Waals surface area (Å²) in [6, 6.07) is 0. The van der Waals surface area contributed by atoms with Crippen LogP contribution in [-0.4, -0.2) is 49.3 Å². The van der Waals surface area contributed by atoms with Crippen molar-refractivity contribution in [1.29, 1.82) is 0 Å². The van der Waals surface area contributed by atoms with Gasteiger partial charge in [-0.15, -0.1) is 0 Å². The zero-order chi connectivity index (χ0) is 10.1. The summed E-state index contributed by atoms with van der Waals surface area (Å²) in [5, 5.41) is 8.31. The summed E-state index contributed by atoms with van der Waals surface area (Å²) in [6.07, 6.45) is 2.77.